The van der Waals surface area contributed by atoms with Crippen molar-refractivity contribution in [1.29, 1.82) is 0 Å². The lowest BCUT2D eigenvalue weighted by molar-refractivity contribution is 0.0376. The van der Waals surface area contributed by atoms with Crippen LogP contribution in [-0.4, -0.2) is 46.8 Å². The van der Waals surface area contributed by atoms with E-state index >= 15 is 0 Å². The van der Waals surface area contributed by atoms with Crippen LogP contribution in [0.3, 0.4) is 0 Å². The monoisotopic (exact) mass is 360 g/mol. The summed E-state index contributed by atoms with van der Waals surface area (Å²) in [5, 5.41) is 6.88. The molecule has 0 unspecified atom stereocenters. The van der Waals surface area contributed by atoms with E-state index < -0.39 is 17.3 Å². The molecule has 0 aliphatic rings. The molecule has 2 aromatic rings. The van der Waals surface area contributed by atoms with Crippen LogP contribution in [0.15, 0.2) is 29.3 Å². The number of ether oxygens (including phenoxy) is 2. The van der Waals surface area contributed by atoms with Crippen LogP contribution in [0.25, 0.3) is 0 Å². The number of aryl methyl sites for hydroxylation is 1. The quantitative estimate of drug-likeness (QED) is 0.427. The summed E-state index contributed by atoms with van der Waals surface area (Å²) in [4.78, 5) is 41.2. The van der Waals surface area contributed by atoms with Gasteiger partial charge in [-0.1, -0.05) is 0 Å². The van der Waals surface area contributed by atoms with Crippen LogP contribution >= 0.6 is 0 Å². The molecule has 9 heteroatoms. The molecule has 1 N–H and O–H groups in total. The first-order valence-corrected chi connectivity index (χ1v) is 7.98. The van der Waals surface area contributed by atoms with Gasteiger partial charge >= 0.3 is 5.97 Å². The molecule has 2 heterocycles. The standard InChI is InChI=1S/C17H20N4O5/c1-4-21-16(23)14(19-12-6-5-7-18-10-12)13(11(2)22)15(20-21)17(24)26-9-8-25-3/h5-7,10,19H,4,8-9H2,1-3H3. The van der Waals surface area contributed by atoms with Gasteiger partial charge in [-0.15, -0.1) is 0 Å². The first-order valence-electron chi connectivity index (χ1n) is 7.98. The van der Waals surface area contributed by atoms with Crippen LogP contribution in [0.4, 0.5) is 11.4 Å². The number of ketones is 1. The van der Waals surface area contributed by atoms with Gasteiger partial charge in [-0.25, -0.2) is 9.48 Å². The maximum absolute atomic E-state index is 12.7. The van der Waals surface area contributed by atoms with Gasteiger partial charge in [0.1, 0.15) is 12.3 Å². The number of hydrogen-bond donors (Lipinski definition) is 1. The van der Waals surface area contributed by atoms with Gasteiger partial charge in [0, 0.05) is 19.9 Å². The lowest BCUT2D eigenvalue weighted by Gasteiger charge is -2.15. The zero-order chi connectivity index (χ0) is 19.1. The predicted molar refractivity (Wildman–Crippen MR) is 93.9 cm³/mol. The number of nitrogens with zero attached hydrogens (tertiary/aromatic N) is 3. The van der Waals surface area contributed by atoms with Gasteiger partial charge in [-0.3, -0.25) is 14.6 Å². The van der Waals surface area contributed by atoms with Crippen LogP contribution in [0.5, 0.6) is 0 Å². The summed E-state index contributed by atoms with van der Waals surface area (Å²) in [7, 11) is 1.47. The molecule has 2 rings (SSSR count). The van der Waals surface area contributed by atoms with Crippen LogP contribution in [-0.2, 0) is 16.0 Å². The normalized spacial score (nSPS) is 10.4. The molecule has 26 heavy (non-hydrogen) atoms. The summed E-state index contributed by atoms with van der Waals surface area (Å²) in [5.74, 6) is -1.29. The van der Waals surface area contributed by atoms with Crippen molar-refractivity contribution in [1.82, 2.24) is 14.8 Å². The molecule has 2 aromatic heterocycles. The first kappa shape index (κ1) is 19.3. The molecule has 0 bridgehead atoms. The van der Waals surface area contributed by atoms with E-state index in [1.54, 1.807) is 25.3 Å². The van der Waals surface area contributed by atoms with E-state index in [1.165, 1.54) is 20.2 Å². The Labute approximate surface area is 150 Å². The van der Waals surface area contributed by atoms with Gasteiger partial charge in [0.05, 0.1) is 24.1 Å². The number of aromatic nitrogens is 3. The van der Waals surface area contributed by atoms with Crippen molar-refractivity contribution < 1.29 is 19.1 Å². The van der Waals surface area contributed by atoms with Crippen molar-refractivity contribution in [2.24, 2.45) is 0 Å². The van der Waals surface area contributed by atoms with Crippen LogP contribution in [0, 0.1) is 0 Å². The zero-order valence-corrected chi connectivity index (χ0v) is 14.8. The predicted octanol–water partition coefficient (Wildman–Crippen LogP) is 1.41. The Bertz CT molecular complexity index is 848. The van der Waals surface area contributed by atoms with Gasteiger partial charge in [0.25, 0.3) is 5.56 Å². The molecule has 138 valence electrons. The summed E-state index contributed by atoms with van der Waals surface area (Å²) in [6.45, 7) is 3.39. The highest BCUT2D eigenvalue weighted by Gasteiger charge is 2.26. The van der Waals surface area contributed by atoms with Crippen molar-refractivity contribution in [3.63, 3.8) is 0 Å². The molecule has 0 fully saturated rings. The number of hydrogen-bond acceptors (Lipinski definition) is 8. The zero-order valence-electron chi connectivity index (χ0n) is 14.8. The van der Waals surface area contributed by atoms with Gasteiger partial charge in [0.2, 0.25) is 0 Å². The second kappa shape index (κ2) is 8.86. The minimum Gasteiger partial charge on any atom is -0.458 e. The Kier molecular flexibility index (Phi) is 6.56. The molecule has 0 aliphatic carbocycles. The molecule has 0 spiro atoms. The van der Waals surface area contributed by atoms with Gasteiger partial charge in [-0.05, 0) is 26.0 Å². The fourth-order valence-corrected chi connectivity index (χ4v) is 2.25. The number of anilines is 2. The van der Waals surface area contributed by atoms with E-state index in [9.17, 15) is 14.4 Å². The molecule has 0 amide bonds. The lowest BCUT2D eigenvalue weighted by atomic mass is 10.1. The molecule has 0 saturated carbocycles. The summed E-state index contributed by atoms with van der Waals surface area (Å²) in [5.41, 5.74) is -0.400. The number of carbonyl (C=O) groups is 2. The number of Topliss-reactive ketones (excluding diaryl/α,β-unsaturated/α-hetero) is 1. The summed E-state index contributed by atoms with van der Waals surface area (Å²) >= 11 is 0. The van der Waals surface area contributed by atoms with Crippen molar-refractivity contribution in [2.75, 3.05) is 25.6 Å². The third-order valence-corrected chi connectivity index (χ3v) is 3.45. The average molecular weight is 360 g/mol. The van der Waals surface area contributed by atoms with E-state index in [0.717, 1.165) is 4.68 Å². The Balaban J connectivity index is 2.57. The Morgan fingerprint density at radius 2 is 2.08 bits per heavy atom. The summed E-state index contributed by atoms with van der Waals surface area (Å²) < 4.78 is 11.0. The number of esters is 1. The van der Waals surface area contributed by atoms with E-state index in [2.05, 4.69) is 15.4 Å². The van der Waals surface area contributed by atoms with Crippen molar-refractivity contribution >= 4 is 23.1 Å². The average Bonchev–Trinajstić information content (AvgIpc) is 2.63. The minimum atomic E-state index is -0.802. The second-order valence-electron chi connectivity index (χ2n) is 5.27. The van der Waals surface area contributed by atoms with Gasteiger partial charge in [-0.2, -0.15) is 5.10 Å². The minimum absolute atomic E-state index is 0.00494. The van der Waals surface area contributed by atoms with Gasteiger partial charge in [0.15, 0.2) is 11.5 Å². The summed E-state index contributed by atoms with van der Waals surface area (Å²) in [6.07, 6.45) is 3.07. The lowest BCUT2D eigenvalue weighted by Crippen LogP contribution is -2.31. The highest BCUT2D eigenvalue weighted by Crippen LogP contribution is 2.20. The number of carbonyl (C=O) groups excluding carboxylic acids is 2. The van der Waals surface area contributed by atoms with E-state index in [0.29, 0.717) is 5.69 Å². The fraction of sp³-hybridized carbons (Fsp3) is 0.353. The Morgan fingerprint density at radius 1 is 1.31 bits per heavy atom. The van der Waals surface area contributed by atoms with Crippen molar-refractivity contribution in [3.05, 3.63) is 46.1 Å². The molecular formula is C17H20N4O5. The van der Waals surface area contributed by atoms with Crippen LogP contribution in [0.1, 0.15) is 34.7 Å². The van der Waals surface area contributed by atoms with Crippen molar-refractivity contribution in [3.8, 4) is 0 Å². The highest BCUT2D eigenvalue weighted by molar-refractivity contribution is 6.08. The molecule has 0 atom stereocenters. The topological polar surface area (TPSA) is 112 Å². The number of pyridine rings is 1. The Morgan fingerprint density at radius 3 is 2.65 bits per heavy atom. The maximum Gasteiger partial charge on any atom is 0.359 e. The van der Waals surface area contributed by atoms with E-state index in [-0.39, 0.29) is 36.7 Å². The van der Waals surface area contributed by atoms with Gasteiger partial charge < -0.3 is 14.8 Å². The first-order chi connectivity index (χ1) is 12.5. The Hall–Kier alpha value is -3.07. The smallest absolute Gasteiger partial charge is 0.359 e. The summed E-state index contributed by atoms with van der Waals surface area (Å²) in [6, 6.07) is 3.36. The second-order valence-corrected chi connectivity index (χ2v) is 5.27. The van der Waals surface area contributed by atoms with E-state index in [1.807, 2.05) is 0 Å². The molecule has 0 aliphatic heterocycles. The molecule has 0 radical (unpaired) electrons. The number of rotatable bonds is 8. The van der Waals surface area contributed by atoms with Crippen LogP contribution < -0.4 is 10.9 Å². The largest absolute Gasteiger partial charge is 0.458 e. The molecule has 0 aromatic carbocycles. The SMILES string of the molecule is CCn1nc(C(=O)OCCOC)c(C(C)=O)c(Nc2cccnc2)c1=O. The molecular weight excluding hydrogens is 340 g/mol. The third kappa shape index (κ3) is 4.31. The fourth-order valence-electron chi connectivity index (χ4n) is 2.25. The molecule has 9 nitrogen and oxygen atoms in total. The maximum atomic E-state index is 12.7. The van der Waals surface area contributed by atoms with E-state index in [4.69, 9.17) is 9.47 Å². The number of nitrogens with one attached hydrogen (secondary N) is 1. The van der Waals surface area contributed by atoms with Crippen molar-refractivity contribution in [2.45, 2.75) is 20.4 Å². The number of methoxy groups -OCH3 is 1. The molecule has 0 saturated heterocycles. The highest BCUT2D eigenvalue weighted by atomic mass is 16.6. The van der Waals surface area contributed by atoms with Crippen LogP contribution in [0.2, 0.25) is 0 Å². The third-order valence-electron chi connectivity index (χ3n) is 3.45.